The number of hydrogen-bond donors (Lipinski definition) is 1. The van der Waals surface area contributed by atoms with Crippen LogP contribution < -0.4 is 5.32 Å². The summed E-state index contributed by atoms with van der Waals surface area (Å²) in [4.78, 5) is 14.1. The molecule has 0 heterocycles. The maximum Gasteiger partial charge on any atom is 0.221 e. The van der Waals surface area contributed by atoms with Gasteiger partial charge in [-0.25, -0.2) is 0 Å². The van der Waals surface area contributed by atoms with Crippen LogP contribution in [0.2, 0.25) is 0 Å². The van der Waals surface area contributed by atoms with Gasteiger partial charge in [0.15, 0.2) is 0 Å². The molecule has 2 rings (SSSR count). The van der Waals surface area contributed by atoms with Crippen LogP contribution in [0.5, 0.6) is 0 Å². The number of amides is 1. The highest BCUT2D eigenvalue weighted by molar-refractivity contribution is 5.76. The fourth-order valence-corrected chi connectivity index (χ4v) is 2.38. The summed E-state index contributed by atoms with van der Waals surface area (Å²) < 4.78 is 0. The van der Waals surface area contributed by atoms with Gasteiger partial charge in [-0.05, 0) is 25.1 Å². The molecule has 0 radical (unpaired) electrons. The van der Waals surface area contributed by atoms with Crippen molar-refractivity contribution < 1.29 is 4.79 Å². The molecule has 22 heavy (non-hydrogen) atoms. The first-order chi connectivity index (χ1) is 10.6. The summed E-state index contributed by atoms with van der Waals surface area (Å²) >= 11 is 0. The van der Waals surface area contributed by atoms with E-state index >= 15 is 0 Å². The van der Waals surface area contributed by atoms with Gasteiger partial charge in [-0.15, -0.1) is 0 Å². The van der Waals surface area contributed by atoms with Crippen molar-refractivity contribution in [1.82, 2.24) is 10.2 Å². The molecule has 0 fully saturated rings. The number of carbonyl (C=O) groups excluding carboxylic acids is 1. The lowest BCUT2D eigenvalue weighted by Crippen LogP contribution is -2.28. The predicted octanol–water partition coefficient (Wildman–Crippen LogP) is 3.13. The smallest absolute Gasteiger partial charge is 0.221 e. The van der Waals surface area contributed by atoms with Gasteiger partial charge >= 0.3 is 0 Å². The monoisotopic (exact) mass is 296 g/mol. The Morgan fingerprint density at radius 1 is 1.05 bits per heavy atom. The third kappa shape index (κ3) is 5.70. The molecule has 0 unspecified atom stereocenters. The zero-order chi connectivity index (χ0) is 15.8. The van der Waals surface area contributed by atoms with Gasteiger partial charge in [0.1, 0.15) is 0 Å². The minimum atomic E-state index is 0.0985. The van der Waals surface area contributed by atoms with Crippen molar-refractivity contribution in [1.29, 1.82) is 0 Å². The fourth-order valence-electron chi connectivity index (χ4n) is 2.38. The van der Waals surface area contributed by atoms with Crippen LogP contribution in [0.1, 0.15) is 23.1 Å². The van der Waals surface area contributed by atoms with Crippen molar-refractivity contribution >= 4 is 5.91 Å². The molecule has 0 spiro atoms. The number of nitrogens with one attached hydrogen (secondary N) is 1. The van der Waals surface area contributed by atoms with Crippen LogP contribution in [0.25, 0.3) is 0 Å². The molecule has 0 aliphatic heterocycles. The number of carbonyl (C=O) groups is 1. The normalized spacial score (nSPS) is 10.7. The van der Waals surface area contributed by atoms with E-state index in [2.05, 4.69) is 41.4 Å². The van der Waals surface area contributed by atoms with Crippen LogP contribution in [0.15, 0.2) is 54.6 Å². The molecule has 2 aromatic rings. The average molecular weight is 296 g/mol. The topological polar surface area (TPSA) is 32.3 Å². The van der Waals surface area contributed by atoms with Crippen LogP contribution in [0, 0.1) is 6.92 Å². The van der Waals surface area contributed by atoms with Crippen LogP contribution in [-0.4, -0.2) is 24.4 Å². The van der Waals surface area contributed by atoms with E-state index in [1.165, 1.54) is 11.1 Å². The number of nitrogens with zero attached hydrogens (tertiary/aromatic N) is 1. The summed E-state index contributed by atoms with van der Waals surface area (Å²) in [6.45, 7) is 4.29. The summed E-state index contributed by atoms with van der Waals surface area (Å²) in [7, 11) is 2.04. The molecule has 2 aromatic carbocycles. The Morgan fingerprint density at radius 3 is 2.50 bits per heavy atom. The standard InChI is InChI=1S/C19H24N2O/c1-16-7-6-10-18(13-16)14-20-19(22)11-12-21(2)15-17-8-4-3-5-9-17/h3-10,13H,11-12,14-15H2,1-2H3,(H,20,22). The van der Waals surface area contributed by atoms with Crippen LogP contribution in [0.4, 0.5) is 0 Å². The lowest BCUT2D eigenvalue weighted by molar-refractivity contribution is -0.121. The Labute approximate surface area is 133 Å². The molecular weight excluding hydrogens is 272 g/mol. The van der Waals surface area contributed by atoms with E-state index in [0.29, 0.717) is 13.0 Å². The van der Waals surface area contributed by atoms with Crippen molar-refractivity contribution in [2.45, 2.75) is 26.4 Å². The molecular formula is C19H24N2O. The maximum absolute atomic E-state index is 11.9. The van der Waals surface area contributed by atoms with Crippen molar-refractivity contribution in [3.63, 3.8) is 0 Å². The molecule has 0 aliphatic rings. The van der Waals surface area contributed by atoms with E-state index in [9.17, 15) is 4.79 Å². The van der Waals surface area contributed by atoms with Crippen molar-refractivity contribution in [3.8, 4) is 0 Å². The molecule has 0 saturated carbocycles. The van der Waals surface area contributed by atoms with Crippen molar-refractivity contribution in [2.75, 3.05) is 13.6 Å². The fraction of sp³-hybridized carbons (Fsp3) is 0.316. The molecule has 0 atom stereocenters. The quantitative estimate of drug-likeness (QED) is 0.851. The van der Waals surface area contributed by atoms with Crippen LogP contribution in [-0.2, 0) is 17.9 Å². The summed E-state index contributed by atoms with van der Waals surface area (Å²) in [6, 6.07) is 18.5. The van der Waals surface area contributed by atoms with Crippen molar-refractivity contribution in [3.05, 3.63) is 71.3 Å². The number of aryl methyl sites for hydroxylation is 1. The first-order valence-electron chi connectivity index (χ1n) is 7.68. The van der Waals surface area contributed by atoms with Gasteiger partial charge in [0.2, 0.25) is 5.91 Å². The largest absolute Gasteiger partial charge is 0.352 e. The molecule has 3 nitrogen and oxygen atoms in total. The highest BCUT2D eigenvalue weighted by atomic mass is 16.1. The van der Waals surface area contributed by atoms with Gasteiger partial charge in [0, 0.05) is 26.1 Å². The Hall–Kier alpha value is -2.13. The third-order valence-corrected chi connectivity index (χ3v) is 3.59. The average Bonchev–Trinajstić information content (AvgIpc) is 2.52. The van der Waals surface area contributed by atoms with Gasteiger partial charge in [0.05, 0.1) is 0 Å². The van der Waals surface area contributed by atoms with Gasteiger partial charge < -0.3 is 10.2 Å². The van der Waals surface area contributed by atoms with Gasteiger partial charge in [-0.1, -0.05) is 60.2 Å². The van der Waals surface area contributed by atoms with E-state index in [0.717, 1.165) is 18.7 Å². The SMILES string of the molecule is Cc1cccc(CNC(=O)CCN(C)Cc2ccccc2)c1. The summed E-state index contributed by atoms with van der Waals surface area (Å²) in [5.41, 5.74) is 3.63. The van der Waals surface area contributed by atoms with Crippen molar-refractivity contribution in [2.24, 2.45) is 0 Å². The van der Waals surface area contributed by atoms with Gasteiger partial charge in [0.25, 0.3) is 0 Å². The molecule has 116 valence electrons. The molecule has 1 amide bonds. The van der Waals surface area contributed by atoms with E-state index < -0.39 is 0 Å². The Balaban J connectivity index is 1.69. The number of hydrogen-bond acceptors (Lipinski definition) is 2. The molecule has 0 saturated heterocycles. The Bertz CT molecular complexity index is 595. The second kappa shape index (κ2) is 8.35. The summed E-state index contributed by atoms with van der Waals surface area (Å²) in [5, 5.41) is 2.98. The number of benzene rings is 2. The zero-order valence-electron chi connectivity index (χ0n) is 13.4. The number of rotatable bonds is 7. The van der Waals surface area contributed by atoms with Crippen LogP contribution in [0.3, 0.4) is 0 Å². The first-order valence-corrected chi connectivity index (χ1v) is 7.68. The minimum Gasteiger partial charge on any atom is -0.352 e. The lowest BCUT2D eigenvalue weighted by atomic mass is 10.1. The predicted molar refractivity (Wildman–Crippen MR) is 90.4 cm³/mol. The highest BCUT2D eigenvalue weighted by Gasteiger charge is 2.05. The molecule has 3 heteroatoms. The Morgan fingerprint density at radius 2 is 1.77 bits per heavy atom. The first kappa shape index (κ1) is 16.2. The molecule has 0 aromatic heterocycles. The lowest BCUT2D eigenvalue weighted by Gasteiger charge is -2.16. The maximum atomic E-state index is 11.9. The van der Waals surface area contributed by atoms with Gasteiger partial charge in [-0.2, -0.15) is 0 Å². The highest BCUT2D eigenvalue weighted by Crippen LogP contribution is 2.04. The van der Waals surface area contributed by atoms with E-state index in [1.807, 2.05) is 37.4 Å². The molecule has 0 aliphatic carbocycles. The van der Waals surface area contributed by atoms with E-state index in [-0.39, 0.29) is 5.91 Å². The minimum absolute atomic E-state index is 0.0985. The zero-order valence-corrected chi connectivity index (χ0v) is 13.4. The molecule has 1 N–H and O–H groups in total. The van der Waals surface area contributed by atoms with Gasteiger partial charge in [-0.3, -0.25) is 4.79 Å². The van der Waals surface area contributed by atoms with E-state index in [1.54, 1.807) is 0 Å². The summed E-state index contributed by atoms with van der Waals surface area (Å²) in [5.74, 6) is 0.0985. The van der Waals surface area contributed by atoms with E-state index in [4.69, 9.17) is 0 Å². The second-order valence-electron chi connectivity index (χ2n) is 5.74. The molecule has 0 bridgehead atoms. The third-order valence-electron chi connectivity index (χ3n) is 3.59. The summed E-state index contributed by atoms with van der Waals surface area (Å²) in [6.07, 6.45) is 0.523. The second-order valence-corrected chi connectivity index (χ2v) is 5.74. The Kier molecular flexibility index (Phi) is 6.16. The van der Waals surface area contributed by atoms with Crippen LogP contribution >= 0.6 is 0 Å².